The highest BCUT2D eigenvalue weighted by Gasteiger charge is 2.18. The van der Waals surface area contributed by atoms with Crippen molar-refractivity contribution < 1.29 is 0 Å². The molecule has 0 amide bonds. The van der Waals surface area contributed by atoms with Crippen LogP contribution < -0.4 is 10.6 Å². The van der Waals surface area contributed by atoms with Crippen molar-refractivity contribution in [2.45, 2.75) is 33.1 Å². The molecule has 130 valence electrons. The second-order valence-electron chi connectivity index (χ2n) is 7.37. The molecule has 0 aliphatic rings. The van der Waals surface area contributed by atoms with Crippen LogP contribution in [0.3, 0.4) is 0 Å². The van der Waals surface area contributed by atoms with Gasteiger partial charge in [-0.15, -0.1) is 0 Å². The van der Waals surface area contributed by atoms with Crippen molar-refractivity contribution >= 4 is 17.5 Å². The Morgan fingerprint density at radius 1 is 1.08 bits per heavy atom. The lowest BCUT2D eigenvalue weighted by atomic mass is 9.86. The van der Waals surface area contributed by atoms with Gasteiger partial charge in [-0.25, -0.2) is 4.98 Å². The van der Waals surface area contributed by atoms with Crippen LogP contribution in [0.25, 0.3) is 0 Å². The lowest BCUT2D eigenvalue weighted by Gasteiger charge is -2.23. The molecule has 0 fully saturated rings. The van der Waals surface area contributed by atoms with E-state index in [1.165, 1.54) is 5.56 Å². The van der Waals surface area contributed by atoms with Crippen LogP contribution in [0.1, 0.15) is 32.0 Å². The smallest absolute Gasteiger partial charge is 0.229 e. The molecule has 1 heterocycles. The fraction of sp³-hybridized carbons (Fsp3) is 0.474. The molecule has 0 radical (unpaired) electrons. The number of hydrogen-bond donors (Lipinski definition) is 2. The number of hydrogen-bond acceptors (Lipinski definition) is 5. The molecule has 0 unspecified atom stereocenters. The normalized spacial score (nSPS) is 11.6. The highest BCUT2D eigenvalue weighted by Crippen LogP contribution is 2.30. The second kappa shape index (κ2) is 7.62. The summed E-state index contributed by atoms with van der Waals surface area (Å²) in [4.78, 5) is 11.3. The molecule has 5 nitrogen and oxygen atoms in total. The van der Waals surface area contributed by atoms with E-state index in [2.05, 4.69) is 78.6 Å². The first kappa shape index (κ1) is 18.2. The van der Waals surface area contributed by atoms with Crippen molar-refractivity contribution in [2.24, 2.45) is 0 Å². The van der Waals surface area contributed by atoms with E-state index in [4.69, 9.17) is 0 Å². The third kappa shape index (κ3) is 5.20. The lowest BCUT2D eigenvalue weighted by Crippen LogP contribution is -2.21. The van der Waals surface area contributed by atoms with Crippen molar-refractivity contribution in [1.29, 1.82) is 0 Å². The van der Waals surface area contributed by atoms with Crippen LogP contribution in [0.2, 0.25) is 0 Å². The van der Waals surface area contributed by atoms with Crippen molar-refractivity contribution in [3.63, 3.8) is 0 Å². The molecule has 0 spiro atoms. The Labute approximate surface area is 145 Å². The van der Waals surface area contributed by atoms with Gasteiger partial charge < -0.3 is 15.5 Å². The van der Waals surface area contributed by atoms with Crippen molar-refractivity contribution in [3.05, 3.63) is 41.6 Å². The molecule has 2 aromatic rings. The summed E-state index contributed by atoms with van der Waals surface area (Å²) in [6.45, 7) is 10.4. The maximum Gasteiger partial charge on any atom is 0.229 e. The number of nitrogens with zero attached hydrogens (tertiary/aromatic N) is 3. The molecular weight excluding hydrogens is 298 g/mol. The molecule has 24 heavy (non-hydrogen) atoms. The standard InChI is InChI=1S/C19H29N5/c1-14-13-17(20-11-12-24(5)6)23-18(21-14)22-16-10-8-7-9-15(16)19(2,3)4/h7-10,13H,11-12H2,1-6H3,(H2,20,21,22,23). The lowest BCUT2D eigenvalue weighted by molar-refractivity contribution is 0.425. The highest BCUT2D eigenvalue weighted by atomic mass is 15.2. The van der Waals surface area contributed by atoms with Crippen LogP contribution in [0, 0.1) is 6.92 Å². The maximum absolute atomic E-state index is 4.60. The monoisotopic (exact) mass is 327 g/mol. The van der Waals surface area contributed by atoms with Crippen LogP contribution in [0.4, 0.5) is 17.5 Å². The van der Waals surface area contributed by atoms with Gasteiger partial charge in [-0.05, 0) is 38.1 Å². The molecule has 0 saturated carbocycles. The molecule has 1 aromatic carbocycles. The third-order valence-corrected chi connectivity index (χ3v) is 3.70. The number of rotatable bonds is 6. The summed E-state index contributed by atoms with van der Waals surface area (Å²) in [5, 5.41) is 6.74. The average Bonchev–Trinajstić information content (AvgIpc) is 2.45. The van der Waals surface area contributed by atoms with Gasteiger partial charge in [0.1, 0.15) is 5.82 Å². The Hall–Kier alpha value is -2.14. The number of para-hydroxylation sites is 1. The molecule has 5 heteroatoms. The van der Waals surface area contributed by atoms with Crippen molar-refractivity contribution in [1.82, 2.24) is 14.9 Å². The molecular formula is C19H29N5. The molecule has 0 aliphatic heterocycles. The Morgan fingerprint density at radius 2 is 1.79 bits per heavy atom. The Bertz CT molecular complexity index is 674. The number of aryl methyl sites for hydroxylation is 1. The Kier molecular flexibility index (Phi) is 5.78. The molecule has 0 aliphatic carbocycles. The summed E-state index contributed by atoms with van der Waals surface area (Å²) in [6, 6.07) is 10.3. The van der Waals surface area contributed by atoms with Gasteiger partial charge in [-0.2, -0.15) is 4.98 Å². The first-order valence-electron chi connectivity index (χ1n) is 8.36. The number of anilines is 3. The predicted octanol–water partition coefficient (Wildman–Crippen LogP) is 3.80. The zero-order valence-electron chi connectivity index (χ0n) is 15.6. The van der Waals surface area contributed by atoms with Gasteiger partial charge in [0.25, 0.3) is 0 Å². The summed E-state index contributed by atoms with van der Waals surface area (Å²) >= 11 is 0. The predicted molar refractivity (Wildman–Crippen MR) is 102 cm³/mol. The van der Waals surface area contributed by atoms with E-state index in [0.717, 1.165) is 30.3 Å². The van der Waals surface area contributed by atoms with E-state index in [1.807, 2.05) is 19.1 Å². The van der Waals surface area contributed by atoms with E-state index in [0.29, 0.717) is 5.95 Å². The van der Waals surface area contributed by atoms with Gasteiger partial charge in [0.05, 0.1) is 0 Å². The summed E-state index contributed by atoms with van der Waals surface area (Å²) < 4.78 is 0. The number of likely N-dealkylation sites (N-methyl/N-ethyl adjacent to an activating group) is 1. The number of aromatic nitrogens is 2. The minimum Gasteiger partial charge on any atom is -0.369 e. The fourth-order valence-electron chi connectivity index (χ4n) is 2.49. The van der Waals surface area contributed by atoms with Crippen LogP contribution in [0.15, 0.2) is 30.3 Å². The first-order valence-corrected chi connectivity index (χ1v) is 8.36. The second-order valence-corrected chi connectivity index (χ2v) is 7.37. The SMILES string of the molecule is Cc1cc(NCCN(C)C)nc(Nc2ccccc2C(C)(C)C)n1. The third-order valence-electron chi connectivity index (χ3n) is 3.70. The minimum atomic E-state index is 0.0558. The van der Waals surface area contributed by atoms with Crippen molar-refractivity contribution in [2.75, 3.05) is 37.8 Å². The van der Waals surface area contributed by atoms with Gasteiger partial charge >= 0.3 is 0 Å². The number of benzene rings is 1. The molecule has 0 atom stereocenters. The van der Waals surface area contributed by atoms with E-state index >= 15 is 0 Å². The molecule has 0 saturated heterocycles. The molecule has 0 bridgehead atoms. The average molecular weight is 327 g/mol. The summed E-state index contributed by atoms with van der Waals surface area (Å²) in [7, 11) is 4.12. The molecule has 2 N–H and O–H groups in total. The molecule has 1 aromatic heterocycles. The van der Waals surface area contributed by atoms with Gasteiger partial charge in [-0.1, -0.05) is 39.0 Å². The zero-order chi connectivity index (χ0) is 17.7. The minimum absolute atomic E-state index is 0.0558. The Morgan fingerprint density at radius 3 is 2.46 bits per heavy atom. The van der Waals surface area contributed by atoms with Gasteiger partial charge in [0, 0.05) is 30.5 Å². The van der Waals surface area contributed by atoms with E-state index in [-0.39, 0.29) is 5.41 Å². The van der Waals surface area contributed by atoms with E-state index in [9.17, 15) is 0 Å². The summed E-state index contributed by atoms with van der Waals surface area (Å²) in [6.07, 6.45) is 0. The van der Waals surface area contributed by atoms with E-state index in [1.54, 1.807) is 0 Å². The van der Waals surface area contributed by atoms with Gasteiger partial charge in [-0.3, -0.25) is 0 Å². The van der Waals surface area contributed by atoms with Crippen LogP contribution in [0.5, 0.6) is 0 Å². The van der Waals surface area contributed by atoms with Crippen LogP contribution in [-0.2, 0) is 5.41 Å². The van der Waals surface area contributed by atoms with Gasteiger partial charge in [0.15, 0.2) is 0 Å². The van der Waals surface area contributed by atoms with E-state index < -0.39 is 0 Å². The van der Waals surface area contributed by atoms with Crippen molar-refractivity contribution in [3.8, 4) is 0 Å². The maximum atomic E-state index is 4.60. The quantitative estimate of drug-likeness (QED) is 0.845. The summed E-state index contributed by atoms with van der Waals surface area (Å²) in [5.41, 5.74) is 3.29. The summed E-state index contributed by atoms with van der Waals surface area (Å²) in [5.74, 6) is 1.47. The van der Waals surface area contributed by atoms with Gasteiger partial charge in [0.2, 0.25) is 5.95 Å². The van der Waals surface area contributed by atoms with Crippen LogP contribution in [-0.4, -0.2) is 42.1 Å². The zero-order valence-corrected chi connectivity index (χ0v) is 15.6. The van der Waals surface area contributed by atoms with Crippen LogP contribution >= 0.6 is 0 Å². The molecule has 2 rings (SSSR count). The topological polar surface area (TPSA) is 53.1 Å². The first-order chi connectivity index (χ1) is 11.3. The number of nitrogens with one attached hydrogen (secondary N) is 2. The fourth-order valence-corrected chi connectivity index (χ4v) is 2.49. The Balaban J connectivity index is 2.20. The highest BCUT2D eigenvalue weighted by molar-refractivity contribution is 5.61. The largest absolute Gasteiger partial charge is 0.369 e.